The van der Waals surface area contributed by atoms with Gasteiger partial charge in [0, 0.05) is 64.8 Å². The number of carbonyl (C=O) groups is 3. The quantitative estimate of drug-likeness (QED) is 0.164. The van der Waals surface area contributed by atoms with Gasteiger partial charge in [0.25, 0.3) is 11.4 Å². The Bertz CT molecular complexity index is 1400. The number of aromatic carboxylic acids is 1. The van der Waals surface area contributed by atoms with Crippen LogP contribution in [0, 0.1) is 20.2 Å². The van der Waals surface area contributed by atoms with Crippen molar-refractivity contribution in [1.82, 2.24) is 10.6 Å². The molecule has 3 N–H and O–H groups in total. The number of nitro groups is 2. The molecule has 0 bridgehead atoms. The van der Waals surface area contributed by atoms with Gasteiger partial charge >= 0.3 is 5.97 Å². The molecular weight excluding hydrogens is 548 g/mol. The van der Waals surface area contributed by atoms with Crippen LogP contribution in [0.15, 0.2) is 60.7 Å². The highest BCUT2D eigenvalue weighted by Crippen LogP contribution is 2.37. The van der Waals surface area contributed by atoms with E-state index in [-0.39, 0.29) is 13.1 Å². The lowest BCUT2D eigenvalue weighted by Crippen LogP contribution is -2.40. The van der Waals surface area contributed by atoms with Crippen molar-refractivity contribution in [1.29, 1.82) is 0 Å². The maximum Gasteiger partial charge on any atom is 0.336 e. The molecule has 0 atom stereocenters. The summed E-state index contributed by atoms with van der Waals surface area (Å²) >= 11 is 0. The van der Waals surface area contributed by atoms with Crippen LogP contribution in [-0.2, 0) is 22.7 Å². The van der Waals surface area contributed by atoms with E-state index in [4.69, 9.17) is 0 Å². The number of benzene rings is 3. The minimum Gasteiger partial charge on any atom is -0.478 e. The highest BCUT2D eigenvalue weighted by atomic mass is 16.6. The Hall–Kier alpha value is -5.53. The third kappa shape index (κ3) is 7.35. The molecule has 0 aliphatic carbocycles. The smallest absolute Gasteiger partial charge is 0.336 e. The van der Waals surface area contributed by atoms with Crippen LogP contribution in [0.5, 0.6) is 0 Å². The first-order valence-electron chi connectivity index (χ1n) is 12.6. The summed E-state index contributed by atoms with van der Waals surface area (Å²) in [7, 11) is 7.41. The number of carboxylic acid groups (broad SMARTS) is 1. The number of rotatable bonds is 12. The fourth-order valence-corrected chi connectivity index (χ4v) is 4.13. The van der Waals surface area contributed by atoms with Gasteiger partial charge in [-0.05, 0) is 35.4 Å². The normalized spacial score (nSPS) is 10.6. The van der Waals surface area contributed by atoms with Gasteiger partial charge in [0.15, 0.2) is 5.92 Å². The van der Waals surface area contributed by atoms with Crippen molar-refractivity contribution in [2.24, 2.45) is 0 Å². The largest absolute Gasteiger partial charge is 0.478 e. The van der Waals surface area contributed by atoms with Crippen molar-refractivity contribution in [3.8, 4) is 0 Å². The minimum atomic E-state index is -2.05. The van der Waals surface area contributed by atoms with E-state index >= 15 is 0 Å². The van der Waals surface area contributed by atoms with Crippen LogP contribution < -0.4 is 20.4 Å². The summed E-state index contributed by atoms with van der Waals surface area (Å²) < 4.78 is 0. The Morgan fingerprint density at radius 2 is 1.10 bits per heavy atom. The summed E-state index contributed by atoms with van der Waals surface area (Å²) in [5.41, 5.74) is -0.574. The average molecular weight is 579 g/mol. The van der Waals surface area contributed by atoms with E-state index in [1.54, 1.807) is 48.5 Å². The standard InChI is InChI=1S/C28H30N6O8/c1-31(2)20-9-5-17(6-10-20)15-29-26(35)25(27(36)30-16-18-7-11-21(12-8-18)32(3)4)24-22(33(39)40)13-19(28(37)38)14-23(24)34(41)42/h5-14,25H,15-16H2,1-4H3,(H,29,35)(H,30,36)(H,37,38). The molecule has 0 aromatic heterocycles. The summed E-state index contributed by atoms with van der Waals surface area (Å²) in [6.45, 7) is -0.172. The van der Waals surface area contributed by atoms with Gasteiger partial charge in [0.2, 0.25) is 11.8 Å². The van der Waals surface area contributed by atoms with Gasteiger partial charge in [0.05, 0.1) is 15.4 Å². The highest BCUT2D eigenvalue weighted by Gasteiger charge is 2.41. The minimum absolute atomic E-state index is 0.0862. The number of carbonyl (C=O) groups excluding carboxylic acids is 2. The fourth-order valence-electron chi connectivity index (χ4n) is 4.13. The van der Waals surface area contributed by atoms with Gasteiger partial charge in [-0.3, -0.25) is 29.8 Å². The van der Waals surface area contributed by atoms with Gasteiger partial charge in [-0.2, -0.15) is 0 Å². The number of nitrogens with zero attached hydrogens (tertiary/aromatic N) is 4. The first-order valence-corrected chi connectivity index (χ1v) is 12.6. The van der Waals surface area contributed by atoms with Gasteiger partial charge in [-0.15, -0.1) is 0 Å². The van der Waals surface area contributed by atoms with Crippen molar-refractivity contribution < 1.29 is 29.3 Å². The molecule has 3 aromatic carbocycles. The lowest BCUT2D eigenvalue weighted by Gasteiger charge is -2.18. The number of carboxylic acids is 1. The predicted molar refractivity (Wildman–Crippen MR) is 155 cm³/mol. The van der Waals surface area contributed by atoms with Crippen LogP contribution in [0.3, 0.4) is 0 Å². The second kappa shape index (κ2) is 13.2. The molecule has 0 aliphatic rings. The van der Waals surface area contributed by atoms with E-state index in [1.165, 1.54) is 0 Å². The third-order valence-corrected chi connectivity index (χ3v) is 6.43. The van der Waals surface area contributed by atoms with Crippen LogP contribution in [0.2, 0.25) is 0 Å². The third-order valence-electron chi connectivity index (χ3n) is 6.43. The highest BCUT2D eigenvalue weighted by molar-refractivity contribution is 6.08. The summed E-state index contributed by atoms with van der Waals surface area (Å²) in [5, 5.41) is 38.4. The summed E-state index contributed by atoms with van der Waals surface area (Å²) in [5.74, 6) is -5.78. The summed E-state index contributed by atoms with van der Waals surface area (Å²) in [6, 6.07) is 15.3. The van der Waals surface area contributed by atoms with Crippen molar-refractivity contribution in [2.45, 2.75) is 19.0 Å². The van der Waals surface area contributed by atoms with Crippen molar-refractivity contribution in [3.63, 3.8) is 0 Å². The van der Waals surface area contributed by atoms with E-state index in [9.17, 15) is 39.7 Å². The Kier molecular flexibility index (Phi) is 9.76. The molecule has 0 fully saturated rings. The fraction of sp³-hybridized carbons (Fsp3) is 0.250. The molecule has 0 saturated carbocycles. The lowest BCUT2D eigenvalue weighted by atomic mass is 9.91. The first-order chi connectivity index (χ1) is 19.8. The number of amides is 2. The van der Waals surface area contributed by atoms with Crippen molar-refractivity contribution >= 4 is 40.5 Å². The molecule has 14 nitrogen and oxygen atoms in total. The zero-order valence-electron chi connectivity index (χ0n) is 23.4. The maximum atomic E-state index is 13.5. The lowest BCUT2D eigenvalue weighted by molar-refractivity contribution is -0.395. The zero-order valence-corrected chi connectivity index (χ0v) is 23.4. The number of nitro benzene ring substituents is 2. The molecule has 0 saturated heterocycles. The molecule has 0 unspecified atom stereocenters. The van der Waals surface area contributed by atoms with Crippen LogP contribution in [0.1, 0.15) is 33.0 Å². The molecule has 42 heavy (non-hydrogen) atoms. The molecule has 0 spiro atoms. The number of hydrogen-bond acceptors (Lipinski definition) is 9. The molecule has 0 heterocycles. The van der Waals surface area contributed by atoms with Crippen molar-refractivity contribution in [2.75, 3.05) is 38.0 Å². The Morgan fingerprint density at radius 3 is 1.38 bits per heavy atom. The van der Waals surface area contributed by atoms with Gasteiger partial charge in [-0.1, -0.05) is 24.3 Å². The van der Waals surface area contributed by atoms with Gasteiger partial charge < -0.3 is 25.5 Å². The Balaban J connectivity index is 2.02. The first kappa shape index (κ1) is 31.0. The van der Waals surface area contributed by atoms with E-state index in [0.29, 0.717) is 23.3 Å². The maximum absolute atomic E-state index is 13.5. The molecule has 0 radical (unpaired) electrons. The number of anilines is 2. The molecule has 3 rings (SSSR count). The molecule has 14 heteroatoms. The Labute approximate surface area is 240 Å². The summed E-state index contributed by atoms with van der Waals surface area (Å²) in [6.07, 6.45) is 0. The van der Waals surface area contributed by atoms with Crippen LogP contribution in [0.4, 0.5) is 22.7 Å². The predicted octanol–water partition coefficient (Wildman–Crippen LogP) is 3.05. The monoisotopic (exact) mass is 578 g/mol. The van der Waals surface area contributed by atoms with Gasteiger partial charge in [-0.25, -0.2) is 4.79 Å². The molecule has 0 aliphatic heterocycles. The molecule has 3 aromatic rings. The second-order valence-corrected chi connectivity index (χ2v) is 9.74. The topological polar surface area (TPSA) is 188 Å². The summed E-state index contributed by atoms with van der Waals surface area (Å²) in [4.78, 5) is 64.1. The Morgan fingerprint density at radius 1 is 0.738 bits per heavy atom. The van der Waals surface area contributed by atoms with Crippen LogP contribution >= 0.6 is 0 Å². The van der Waals surface area contributed by atoms with Crippen LogP contribution in [0.25, 0.3) is 0 Å². The van der Waals surface area contributed by atoms with E-state index < -0.39 is 56.0 Å². The number of nitrogens with one attached hydrogen (secondary N) is 2. The second-order valence-electron chi connectivity index (χ2n) is 9.74. The number of hydrogen-bond donors (Lipinski definition) is 3. The molecule has 220 valence electrons. The zero-order chi connectivity index (χ0) is 31.1. The van der Waals surface area contributed by atoms with E-state index in [0.717, 1.165) is 11.4 Å². The molecule has 2 amide bonds. The molecular formula is C28H30N6O8. The van der Waals surface area contributed by atoms with E-state index in [2.05, 4.69) is 10.6 Å². The average Bonchev–Trinajstić information content (AvgIpc) is 2.95. The van der Waals surface area contributed by atoms with Gasteiger partial charge in [0.1, 0.15) is 5.56 Å². The van der Waals surface area contributed by atoms with E-state index in [1.807, 2.05) is 38.0 Å². The van der Waals surface area contributed by atoms with Crippen molar-refractivity contribution in [3.05, 3.63) is 103 Å². The SMILES string of the molecule is CN(C)c1ccc(CNC(=O)C(C(=O)NCc2ccc(N(C)C)cc2)c2c([N+](=O)[O-])cc(C(=O)O)cc2[N+](=O)[O-])cc1. The van der Waals surface area contributed by atoms with Crippen LogP contribution in [-0.4, -0.2) is 60.9 Å².